The van der Waals surface area contributed by atoms with E-state index in [4.69, 9.17) is 4.74 Å². The lowest BCUT2D eigenvalue weighted by molar-refractivity contribution is -0.118. The number of amides is 1. The number of carbonyl (C=O) groups is 1. The van der Waals surface area contributed by atoms with Gasteiger partial charge in [-0.25, -0.2) is 12.8 Å². The maximum absolute atomic E-state index is 12.9. The number of benzene rings is 2. The Morgan fingerprint density at radius 3 is 2.69 bits per heavy atom. The van der Waals surface area contributed by atoms with Gasteiger partial charge in [-0.3, -0.25) is 4.79 Å². The van der Waals surface area contributed by atoms with Crippen molar-refractivity contribution in [2.45, 2.75) is 17.9 Å². The molecule has 1 aliphatic heterocycles. The minimum Gasteiger partial charge on any atom is -0.497 e. The highest BCUT2D eigenvalue weighted by molar-refractivity contribution is 8.00. The molecule has 156 valence electrons. The molecule has 6 nitrogen and oxygen atoms in total. The van der Waals surface area contributed by atoms with Crippen LogP contribution in [0.25, 0.3) is 0 Å². The van der Waals surface area contributed by atoms with Crippen LogP contribution in [0.4, 0.5) is 4.39 Å². The molecular formula is C20H23FN2O4S2. The monoisotopic (exact) mass is 438 g/mol. The van der Waals surface area contributed by atoms with Gasteiger partial charge in [0.25, 0.3) is 0 Å². The Kier molecular flexibility index (Phi) is 7.15. The number of thioether (sulfide) groups is 1. The Bertz CT molecular complexity index is 965. The van der Waals surface area contributed by atoms with Crippen molar-refractivity contribution < 1.29 is 22.3 Å². The molecule has 0 bridgehead atoms. The largest absolute Gasteiger partial charge is 0.497 e. The summed E-state index contributed by atoms with van der Waals surface area (Å²) in [6.07, 6.45) is 0.631. The summed E-state index contributed by atoms with van der Waals surface area (Å²) in [5.74, 6) is 0.172. The first kappa shape index (κ1) is 21.6. The van der Waals surface area contributed by atoms with Crippen LogP contribution in [0, 0.1) is 5.82 Å². The lowest BCUT2D eigenvalue weighted by Gasteiger charge is -2.28. The van der Waals surface area contributed by atoms with E-state index in [2.05, 4.69) is 5.32 Å². The highest BCUT2D eigenvalue weighted by atomic mass is 32.2. The van der Waals surface area contributed by atoms with Gasteiger partial charge in [-0.15, -0.1) is 11.8 Å². The zero-order valence-electron chi connectivity index (χ0n) is 16.1. The van der Waals surface area contributed by atoms with Crippen molar-refractivity contribution in [2.24, 2.45) is 0 Å². The second kappa shape index (κ2) is 9.60. The molecule has 1 heterocycles. The van der Waals surface area contributed by atoms with Crippen LogP contribution in [0.5, 0.6) is 5.75 Å². The minimum atomic E-state index is -3.47. The van der Waals surface area contributed by atoms with Crippen molar-refractivity contribution in [1.82, 2.24) is 9.62 Å². The number of methoxy groups -OCH3 is 1. The predicted molar refractivity (Wildman–Crippen MR) is 111 cm³/mol. The maximum Gasteiger partial charge on any atom is 0.230 e. The number of nitrogens with zero attached hydrogens (tertiary/aromatic N) is 1. The molecule has 2 aromatic carbocycles. The summed E-state index contributed by atoms with van der Waals surface area (Å²) < 4.78 is 44.8. The van der Waals surface area contributed by atoms with Gasteiger partial charge in [-0.05, 0) is 53.9 Å². The van der Waals surface area contributed by atoms with E-state index in [9.17, 15) is 17.6 Å². The third-order valence-corrected chi connectivity index (χ3v) is 7.48. The van der Waals surface area contributed by atoms with Crippen LogP contribution in [0.3, 0.4) is 0 Å². The van der Waals surface area contributed by atoms with Crippen LogP contribution in [-0.2, 0) is 27.8 Å². The molecule has 1 amide bonds. The molecule has 0 atom stereocenters. The van der Waals surface area contributed by atoms with E-state index in [1.165, 1.54) is 28.2 Å². The van der Waals surface area contributed by atoms with Crippen molar-refractivity contribution in [2.75, 3.05) is 31.7 Å². The van der Waals surface area contributed by atoms with Crippen LogP contribution in [0.15, 0.2) is 47.4 Å². The Hall–Kier alpha value is -2.10. The number of rotatable bonds is 8. The van der Waals surface area contributed by atoms with Gasteiger partial charge in [0, 0.05) is 24.5 Å². The van der Waals surface area contributed by atoms with Crippen LogP contribution in [0.1, 0.15) is 11.1 Å². The number of hydrogen-bond acceptors (Lipinski definition) is 5. The summed E-state index contributed by atoms with van der Waals surface area (Å²) >= 11 is 1.27. The predicted octanol–water partition coefficient (Wildman–Crippen LogP) is 2.43. The summed E-state index contributed by atoms with van der Waals surface area (Å²) in [5.41, 5.74) is 2.07. The quantitative estimate of drug-likeness (QED) is 0.641. The van der Waals surface area contributed by atoms with E-state index in [0.29, 0.717) is 19.5 Å². The molecule has 0 aliphatic carbocycles. The fraction of sp³-hybridized carbons (Fsp3) is 0.350. The first-order valence-electron chi connectivity index (χ1n) is 9.16. The third kappa shape index (κ3) is 5.94. The lowest BCUT2D eigenvalue weighted by Crippen LogP contribution is -2.40. The van der Waals surface area contributed by atoms with Crippen LogP contribution < -0.4 is 10.1 Å². The van der Waals surface area contributed by atoms with E-state index < -0.39 is 10.0 Å². The number of nitrogens with one attached hydrogen (secondary N) is 1. The van der Waals surface area contributed by atoms with E-state index in [-0.39, 0.29) is 29.8 Å². The molecule has 0 saturated carbocycles. The number of fused-ring (bicyclic) bond motifs is 1. The fourth-order valence-corrected chi connectivity index (χ4v) is 5.10. The van der Waals surface area contributed by atoms with Crippen LogP contribution in [0.2, 0.25) is 0 Å². The maximum atomic E-state index is 12.9. The lowest BCUT2D eigenvalue weighted by atomic mass is 10.0. The van der Waals surface area contributed by atoms with Gasteiger partial charge in [0.1, 0.15) is 11.6 Å². The average Bonchev–Trinajstić information content (AvgIpc) is 2.72. The van der Waals surface area contributed by atoms with Gasteiger partial charge in [-0.1, -0.05) is 6.07 Å². The molecule has 0 aromatic heterocycles. The van der Waals surface area contributed by atoms with E-state index in [0.717, 1.165) is 21.8 Å². The van der Waals surface area contributed by atoms with Gasteiger partial charge in [-0.2, -0.15) is 4.31 Å². The third-order valence-electron chi connectivity index (χ3n) is 4.65. The topological polar surface area (TPSA) is 75.7 Å². The van der Waals surface area contributed by atoms with Crippen molar-refractivity contribution in [3.8, 4) is 5.75 Å². The summed E-state index contributed by atoms with van der Waals surface area (Å²) in [6.45, 7) is 0.796. The molecule has 29 heavy (non-hydrogen) atoms. The molecule has 1 N–H and O–H groups in total. The van der Waals surface area contributed by atoms with Gasteiger partial charge in [0.2, 0.25) is 15.9 Å². The zero-order chi connectivity index (χ0) is 20.9. The van der Waals surface area contributed by atoms with Gasteiger partial charge >= 0.3 is 0 Å². The van der Waals surface area contributed by atoms with Crippen LogP contribution >= 0.6 is 11.8 Å². The van der Waals surface area contributed by atoms with Crippen molar-refractivity contribution in [3.63, 3.8) is 0 Å². The zero-order valence-corrected chi connectivity index (χ0v) is 17.7. The van der Waals surface area contributed by atoms with Crippen LogP contribution in [-0.4, -0.2) is 50.3 Å². The highest BCUT2D eigenvalue weighted by Crippen LogP contribution is 2.25. The normalized spacial score (nSPS) is 14.3. The molecule has 1 aliphatic rings. The Balaban J connectivity index is 1.46. The van der Waals surface area contributed by atoms with Gasteiger partial charge in [0.05, 0.1) is 18.6 Å². The van der Waals surface area contributed by atoms with Gasteiger partial charge in [0.15, 0.2) is 0 Å². The Morgan fingerprint density at radius 1 is 1.21 bits per heavy atom. The SMILES string of the molecule is COc1ccc2c(c1)CCN(S(=O)(=O)CCNC(=O)CSc1ccc(F)cc1)C2. The second-order valence-electron chi connectivity index (χ2n) is 6.63. The summed E-state index contributed by atoms with van der Waals surface area (Å²) in [4.78, 5) is 12.7. The fourth-order valence-electron chi connectivity index (χ4n) is 3.05. The van der Waals surface area contributed by atoms with Crippen molar-refractivity contribution in [1.29, 1.82) is 0 Å². The number of halogens is 1. The highest BCUT2D eigenvalue weighted by Gasteiger charge is 2.26. The standard InChI is InChI=1S/C20H23FN2O4S2/c1-27-18-5-2-16-13-23(10-8-15(16)12-18)29(25,26)11-9-22-20(24)14-28-19-6-3-17(21)4-7-19/h2-7,12H,8-11,13-14H2,1H3,(H,22,24). The molecule has 3 rings (SSSR count). The smallest absolute Gasteiger partial charge is 0.230 e. The van der Waals surface area contributed by atoms with Crippen molar-refractivity contribution >= 4 is 27.7 Å². The summed E-state index contributed by atoms with van der Waals surface area (Å²) in [7, 11) is -1.87. The van der Waals surface area contributed by atoms with Crippen molar-refractivity contribution in [3.05, 3.63) is 59.4 Å². The first-order chi connectivity index (χ1) is 13.9. The van der Waals surface area contributed by atoms with E-state index >= 15 is 0 Å². The minimum absolute atomic E-state index is 0.0527. The molecule has 0 unspecified atom stereocenters. The first-order valence-corrected chi connectivity index (χ1v) is 11.8. The Labute approximate surface area is 174 Å². The van der Waals surface area contributed by atoms with E-state index in [1.807, 2.05) is 18.2 Å². The van der Waals surface area contributed by atoms with E-state index in [1.54, 1.807) is 19.2 Å². The summed E-state index contributed by atoms with van der Waals surface area (Å²) in [5, 5.41) is 2.64. The molecule has 2 aromatic rings. The molecule has 0 radical (unpaired) electrons. The number of hydrogen-bond donors (Lipinski definition) is 1. The summed E-state index contributed by atoms with van der Waals surface area (Å²) in [6, 6.07) is 11.5. The average molecular weight is 439 g/mol. The molecular weight excluding hydrogens is 415 g/mol. The second-order valence-corrected chi connectivity index (χ2v) is 9.76. The molecule has 0 spiro atoms. The van der Waals surface area contributed by atoms with Gasteiger partial charge < -0.3 is 10.1 Å². The number of carbonyl (C=O) groups excluding carboxylic acids is 1. The molecule has 0 saturated heterocycles. The Morgan fingerprint density at radius 2 is 1.97 bits per heavy atom. The molecule has 9 heteroatoms. The molecule has 0 fully saturated rings. The number of sulfonamides is 1. The number of ether oxygens (including phenoxy) is 1.